The van der Waals surface area contributed by atoms with Crippen molar-refractivity contribution in [3.05, 3.63) is 63.0 Å². The molecule has 122 valence electrons. The van der Waals surface area contributed by atoms with Crippen LogP contribution in [0.3, 0.4) is 0 Å². The molecule has 0 saturated carbocycles. The number of likely N-dealkylation sites (N-methyl/N-ethyl adjacent to an activating group) is 1. The minimum Gasteiger partial charge on any atom is -0.290 e. The van der Waals surface area contributed by atoms with Crippen molar-refractivity contribution in [2.45, 2.75) is 6.42 Å². The number of carbonyl (C=O) groups excluding carboxylic acids is 1. The monoisotopic (exact) mass is 465 g/mol. The molecule has 0 aliphatic carbocycles. The Kier molecular flexibility index (Phi) is 5.43. The van der Waals surface area contributed by atoms with Crippen molar-refractivity contribution in [2.75, 3.05) is 11.9 Å². The maximum atomic E-state index is 12.4. The van der Waals surface area contributed by atoms with Crippen molar-refractivity contribution in [3.63, 3.8) is 0 Å². The normalized spacial score (nSPS) is 10.6. The van der Waals surface area contributed by atoms with Crippen LogP contribution >= 0.6 is 43.2 Å². The first-order chi connectivity index (χ1) is 11.5. The smallest absolute Gasteiger partial charge is 0.232 e. The number of amides is 1. The molecule has 0 saturated heterocycles. The van der Waals surface area contributed by atoms with E-state index in [-0.39, 0.29) is 5.91 Å². The summed E-state index contributed by atoms with van der Waals surface area (Å²) in [5, 5.41) is 9.72. The van der Waals surface area contributed by atoms with Crippen molar-refractivity contribution in [3.8, 4) is 10.6 Å². The third kappa shape index (κ3) is 4.09. The third-order valence-corrected chi connectivity index (χ3v) is 5.54. The molecule has 0 bridgehead atoms. The van der Waals surface area contributed by atoms with Gasteiger partial charge in [-0.1, -0.05) is 67.5 Å². The van der Waals surface area contributed by atoms with E-state index in [0.29, 0.717) is 11.6 Å². The molecule has 0 atom stereocenters. The lowest BCUT2D eigenvalue weighted by Crippen LogP contribution is -2.27. The second-order valence-electron chi connectivity index (χ2n) is 5.15. The maximum Gasteiger partial charge on any atom is 0.232 e. The molecule has 0 aliphatic rings. The summed E-state index contributed by atoms with van der Waals surface area (Å²) in [6.07, 6.45) is 0.330. The second kappa shape index (κ2) is 7.55. The molecule has 7 heteroatoms. The Morgan fingerprint density at radius 2 is 1.58 bits per heavy atom. The molecule has 0 N–H and O–H groups in total. The van der Waals surface area contributed by atoms with Crippen molar-refractivity contribution in [1.29, 1.82) is 0 Å². The van der Waals surface area contributed by atoms with Gasteiger partial charge in [-0.05, 0) is 29.8 Å². The molecule has 1 heterocycles. The van der Waals surface area contributed by atoms with Gasteiger partial charge in [0, 0.05) is 21.6 Å². The Morgan fingerprint density at radius 3 is 2.21 bits per heavy atom. The SMILES string of the molecule is CN(C(=O)Cc1ccc(Br)cc1)c1nnc(-c2ccc(Br)cc2)s1. The van der Waals surface area contributed by atoms with Gasteiger partial charge in [0.1, 0.15) is 5.01 Å². The van der Waals surface area contributed by atoms with E-state index in [1.165, 1.54) is 11.3 Å². The fourth-order valence-electron chi connectivity index (χ4n) is 2.06. The summed E-state index contributed by atoms with van der Waals surface area (Å²) >= 11 is 8.21. The summed E-state index contributed by atoms with van der Waals surface area (Å²) in [5.41, 5.74) is 1.95. The summed E-state index contributed by atoms with van der Waals surface area (Å²) in [5.74, 6) is -0.0178. The van der Waals surface area contributed by atoms with Gasteiger partial charge in [-0.3, -0.25) is 9.69 Å². The molecule has 0 aliphatic heterocycles. The molecular formula is C17H13Br2N3OS. The van der Waals surface area contributed by atoms with Crippen molar-refractivity contribution >= 4 is 54.2 Å². The molecule has 1 aromatic heterocycles. The first kappa shape index (κ1) is 17.3. The third-order valence-electron chi connectivity index (χ3n) is 3.44. The van der Waals surface area contributed by atoms with Gasteiger partial charge in [0.05, 0.1) is 6.42 Å². The molecule has 3 rings (SSSR count). The number of hydrogen-bond donors (Lipinski definition) is 0. The van der Waals surface area contributed by atoms with E-state index >= 15 is 0 Å². The zero-order valence-corrected chi connectivity index (χ0v) is 16.7. The number of benzene rings is 2. The average molecular weight is 467 g/mol. The summed E-state index contributed by atoms with van der Waals surface area (Å²) in [4.78, 5) is 14.0. The Balaban J connectivity index is 1.73. The molecule has 0 radical (unpaired) electrons. The van der Waals surface area contributed by atoms with Gasteiger partial charge in [-0.2, -0.15) is 0 Å². The summed E-state index contributed by atoms with van der Waals surface area (Å²) in [6, 6.07) is 15.6. The lowest BCUT2D eigenvalue weighted by atomic mass is 10.1. The largest absolute Gasteiger partial charge is 0.290 e. The highest BCUT2D eigenvalue weighted by atomic mass is 79.9. The minimum atomic E-state index is -0.0178. The Hall–Kier alpha value is -1.57. The number of rotatable bonds is 4. The zero-order valence-electron chi connectivity index (χ0n) is 12.7. The van der Waals surface area contributed by atoms with E-state index in [2.05, 4.69) is 42.1 Å². The molecule has 0 spiro atoms. The second-order valence-corrected chi connectivity index (χ2v) is 7.94. The highest BCUT2D eigenvalue weighted by Crippen LogP contribution is 2.29. The zero-order chi connectivity index (χ0) is 17.1. The lowest BCUT2D eigenvalue weighted by molar-refractivity contribution is -0.117. The highest BCUT2D eigenvalue weighted by Gasteiger charge is 2.17. The minimum absolute atomic E-state index is 0.0178. The van der Waals surface area contributed by atoms with Crippen molar-refractivity contribution in [1.82, 2.24) is 10.2 Å². The van der Waals surface area contributed by atoms with E-state index in [0.717, 1.165) is 25.1 Å². The molecule has 3 aromatic rings. The Morgan fingerprint density at radius 1 is 1.00 bits per heavy atom. The van der Waals surface area contributed by atoms with Gasteiger partial charge in [-0.15, -0.1) is 10.2 Å². The Labute approximate surface area is 160 Å². The summed E-state index contributed by atoms with van der Waals surface area (Å²) in [7, 11) is 1.73. The number of anilines is 1. The first-order valence-electron chi connectivity index (χ1n) is 7.13. The Bertz CT molecular complexity index is 847. The first-order valence-corrected chi connectivity index (χ1v) is 9.53. The van der Waals surface area contributed by atoms with Gasteiger partial charge >= 0.3 is 0 Å². The van der Waals surface area contributed by atoms with E-state index < -0.39 is 0 Å². The van der Waals surface area contributed by atoms with Crippen molar-refractivity contribution in [2.24, 2.45) is 0 Å². The lowest BCUT2D eigenvalue weighted by Gasteiger charge is -2.12. The number of halogens is 2. The van der Waals surface area contributed by atoms with Crippen LogP contribution in [-0.2, 0) is 11.2 Å². The molecule has 4 nitrogen and oxygen atoms in total. The number of carbonyl (C=O) groups is 1. The summed E-state index contributed by atoms with van der Waals surface area (Å²) < 4.78 is 2.01. The maximum absolute atomic E-state index is 12.4. The predicted octanol–water partition coefficient (Wildman–Crippen LogP) is 4.94. The van der Waals surface area contributed by atoms with Crippen LogP contribution in [0.1, 0.15) is 5.56 Å². The summed E-state index contributed by atoms with van der Waals surface area (Å²) in [6.45, 7) is 0. The predicted molar refractivity (Wildman–Crippen MR) is 104 cm³/mol. The number of nitrogens with zero attached hydrogens (tertiary/aromatic N) is 3. The molecule has 2 aromatic carbocycles. The highest BCUT2D eigenvalue weighted by molar-refractivity contribution is 9.10. The number of hydrogen-bond acceptors (Lipinski definition) is 4. The fourth-order valence-corrected chi connectivity index (χ4v) is 3.42. The van der Waals surface area contributed by atoms with Gasteiger partial charge in [0.2, 0.25) is 11.0 Å². The van der Waals surface area contributed by atoms with Crippen LogP contribution in [0.25, 0.3) is 10.6 Å². The standard InChI is InChI=1S/C17H13Br2N3OS/c1-22(15(23)10-11-2-6-13(18)7-3-11)17-21-20-16(24-17)12-4-8-14(19)9-5-12/h2-9H,10H2,1H3. The van der Waals surface area contributed by atoms with Gasteiger partial charge in [-0.25, -0.2) is 0 Å². The van der Waals surface area contributed by atoms with Crippen LogP contribution in [-0.4, -0.2) is 23.2 Å². The van der Waals surface area contributed by atoms with Crippen LogP contribution < -0.4 is 4.90 Å². The van der Waals surface area contributed by atoms with E-state index in [9.17, 15) is 4.79 Å². The molecule has 24 heavy (non-hydrogen) atoms. The van der Waals surface area contributed by atoms with Crippen LogP contribution in [0.2, 0.25) is 0 Å². The van der Waals surface area contributed by atoms with Crippen LogP contribution in [0.15, 0.2) is 57.5 Å². The van der Waals surface area contributed by atoms with Crippen LogP contribution in [0.5, 0.6) is 0 Å². The van der Waals surface area contributed by atoms with Crippen LogP contribution in [0, 0.1) is 0 Å². The molecule has 1 amide bonds. The van der Waals surface area contributed by atoms with Crippen LogP contribution in [0.4, 0.5) is 5.13 Å². The molecule has 0 unspecified atom stereocenters. The van der Waals surface area contributed by atoms with Gasteiger partial charge in [0.15, 0.2) is 0 Å². The fraction of sp³-hybridized carbons (Fsp3) is 0.118. The average Bonchev–Trinajstić information content (AvgIpc) is 3.07. The topological polar surface area (TPSA) is 46.1 Å². The van der Waals surface area contributed by atoms with E-state index in [4.69, 9.17) is 0 Å². The van der Waals surface area contributed by atoms with Crippen molar-refractivity contribution < 1.29 is 4.79 Å². The van der Waals surface area contributed by atoms with E-state index in [1.54, 1.807) is 11.9 Å². The van der Waals surface area contributed by atoms with Gasteiger partial charge in [0.25, 0.3) is 0 Å². The van der Waals surface area contributed by atoms with Gasteiger partial charge < -0.3 is 0 Å². The number of aromatic nitrogens is 2. The van der Waals surface area contributed by atoms with E-state index in [1.807, 2.05) is 48.5 Å². The quantitative estimate of drug-likeness (QED) is 0.547. The molecular weight excluding hydrogens is 454 g/mol. The molecule has 0 fully saturated rings.